The maximum absolute atomic E-state index is 5.43. The molecule has 0 N–H and O–H groups in total. The molecule has 0 saturated carbocycles. The normalized spacial score (nSPS) is 26.9. The largest absolute Gasteiger partial charge is 0.285 e. The van der Waals surface area contributed by atoms with Crippen molar-refractivity contribution >= 4 is 0 Å². The van der Waals surface area contributed by atoms with Gasteiger partial charge in [0.15, 0.2) is 0 Å². The molecule has 1 aliphatic heterocycles. The zero-order chi connectivity index (χ0) is 8.48. The molecular weight excluding hydrogens is 134 g/mol. The minimum atomic E-state index is 0.244. The van der Waals surface area contributed by atoms with Crippen LogP contribution in [0, 0.1) is 12.3 Å². The van der Waals surface area contributed by atoms with E-state index in [0.717, 1.165) is 0 Å². The highest BCUT2D eigenvalue weighted by atomic mass is 15.2. The first-order valence-electron chi connectivity index (χ1n) is 4.28. The van der Waals surface area contributed by atoms with E-state index in [0.29, 0.717) is 6.04 Å². The fraction of sp³-hybridized carbons (Fsp3) is 0.800. The molecule has 11 heavy (non-hydrogen) atoms. The van der Waals surface area contributed by atoms with Gasteiger partial charge in [-0.25, -0.2) is 0 Å². The lowest BCUT2D eigenvalue weighted by atomic mass is 10.1. The lowest BCUT2D eigenvalue weighted by Gasteiger charge is -2.34. The first-order valence-corrected chi connectivity index (χ1v) is 4.28. The molecule has 0 bridgehead atoms. The lowest BCUT2D eigenvalue weighted by Crippen LogP contribution is -2.43. The van der Waals surface area contributed by atoms with Crippen molar-refractivity contribution in [2.75, 3.05) is 6.54 Å². The van der Waals surface area contributed by atoms with E-state index in [-0.39, 0.29) is 5.54 Å². The molecule has 0 spiro atoms. The van der Waals surface area contributed by atoms with Crippen LogP contribution >= 0.6 is 0 Å². The van der Waals surface area contributed by atoms with Crippen molar-refractivity contribution in [3.05, 3.63) is 0 Å². The molecule has 0 radical (unpaired) electrons. The SMILES string of the molecule is C#CC1CCCN1C(C)(C)C. The molecular formula is C10H17N. The summed E-state index contributed by atoms with van der Waals surface area (Å²) in [6.07, 6.45) is 7.86. The minimum Gasteiger partial charge on any atom is -0.285 e. The van der Waals surface area contributed by atoms with Gasteiger partial charge in [-0.1, -0.05) is 5.92 Å². The van der Waals surface area contributed by atoms with Crippen molar-refractivity contribution in [3.8, 4) is 12.3 Å². The van der Waals surface area contributed by atoms with Gasteiger partial charge in [0, 0.05) is 5.54 Å². The molecule has 1 aliphatic rings. The number of hydrogen-bond acceptors (Lipinski definition) is 1. The molecule has 0 aromatic heterocycles. The Morgan fingerprint density at radius 2 is 2.09 bits per heavy atom. The predicted octanol–water partition coefficient (Wildman–Crippen LogP) is 1.88. The predicted molar refractivity (Wildman–Crippen MR) is 48.3 cm³/mol. The summed E-state index contributed by atoms with van der Waals surface area (Å²) in [5.41, 5.74) is 0.244. The van der Waals surface area contributed by atoms with Crippen molar-refractivity contribution < 1.29 is 0 Å². The molecule has 1 heterocycles. The van der Waals surface area contributed by atoms with E-state index in [1.165, 1.54) is 19.4 Å². The highest BCUT2D eigenvalue weighted by Crippen LogP contribution is 2.25. The molecule has 1 atom stereocenters. The third-order valence-electron chi connectivity index (χ3n) is 2.31. The van der Waals surface area contributed by atoms with Gasteiger partial charge in [-0.15, -0.1) is 6.42 Å². The van der Waals surface area contributed by atoms with Gasteiger partial charge in [-0.2, -0.15) is 0 Å². The topological polar surface area (TPSA) is 3.24 Å². The van der Waals surface area contributed by atoms with Crippen LogP contribution < -0.4 is 0 Å². The van der Waals surface area contributed by atoms with E-state index >= 15 is 0 Å². The summed E-state index contributed by atoms with van der Waals surface area (Å²) in [4.78, 5) is 2.41. The summed E-state index contributed by atoms with van der Waals surface area (Å²) >= 11 is 0. The van der Waals surface area contributed by atoms with Gasteiger partial charge in [0.05, 0.1) is 6.04 Å². The molecule has 1 unspecified atom stereocenters. The van der Waals surface area contributed by atoms with Gasteiger partial charge in [0.1, 0.15) is 0 Å². The average Bonchev–Trinajstić information content (AvgIpc) is 2.31. The highest BCUT2D eigenvalue weighted by Gasteiger charge is 2.31. The second-order valence-electron chi connectivity index (χ2n) is 4.19. The second kappa shape index (κ2) is 2.87. The molecule has 0 aromatic rings. The van der Waals surface area contributed by atoms with Crippen LogP contribution in [0.5, 0.6) is 0 Å². The van der Waals surface area contributed by atoms with Gasteiger partial charge < -0.3 is 0 Å². The molecule has 0 aromatic carbocycles. The average molecular weight is 151 g/mol. The monoisotopic (exact) mass is 151 g/mol. The molecule has 1 nitrogen and oxygen atoms in total. The van der Waals surface area contributed by atoms with Crippen LogP contribution in [0.25, 0.3) is 0 Å². The van der Waals surface area contributed by atoms with Gasteiger partial charge in [-0.3, -0.25) is 4.90 Å². The summed E-state index contributed by atoms with van der Waals surface area (Å²) in [6, 6.07) is 0.384. The zero-order valence-electron chi connectivity index (χ0n) is 7.72. The van der Waals surface area contributed by atoms with Crippen LogP contribution in [0.4, 0.5) is 0 Å². The zero-order valence-corrected chi connectivity index (χ0v) is 7.72. The van der Waals surface area contributed by atoms with E-state index < -0.39 is 0 Å². The Morgan fingerprint density at radius 1 is 1.45 bits per heavy atom. The van der Waals surface area contributed by atoms with Gasteiger partial charge in [0.25, 0.3) is 0 Å². The quantitative estimate of drug-likeness (QED) is 0.478. The molecule has 1 rings (SSSR count). The summed E-state index contributed by atoms with van der Waals surface area (Å²) in [5, 5.41) is 0. The highest BCUT2D eigenvalue weighted by molar-refractivity contribution is 5.05. The Kier molecular flexibility index (Phi) is 2.25. The summed E-state index contributed by atoms with van der Waals surface area (Å²) < 4.78 is 0. The van der Waals surface area contributed by atoms with Gasteiger partial charge in [-0.05, 0) is 40.2 Å². The van der Waals surface area contributed by atoms with Crippen LogP contribution in [-0.4, -0.2) is 23.0 Å². The second-order valence-corrected chi connectivity index (χ2v) is 4.19. The third kappa shape index (κ3) is 1.75. The van der Waals surface area contributed by atoms with E-state index in [2.05, 4.69) is 31.6 Å². The standard InChI is InChI=1S/C10H17N/c1-5-9-7-6-8-11(9)10(2,3)4/h1,9H,6-8H2,2-4H3. The molecule has 1 fully saturated rings. The number of hydrogen-bond donors (Lipinski definition) is 0. The molecule has 1 heteroatoms. The number of likely N-dealkylation sites (tertiary alicyclic amines) is 1. The van der Waals surface area contributed by atoms with Crippen LogP contribution in [0.1, 0.15) is 33.6 Å². The molecule has 0 amide bonds. The Balaban J connectivity index is 2.66. The van der Waals surface area contributed by atoms with E-state index in [1.54, 1.807) is 0 Å². The van der Waals surface area contributed by atoms with Gasteiger partial charge in [0.2, 0.25) is 0 Å². The van der Waals surface area contributed by atoms with Crippen molar-refractivity contribution in [3.63, 3.8) is 0 Å². The fourth-order valence-electron chi connectivity index (χ4n) is 1.74. The summed E-state index contributed by atoms with van der Waals surface area (Å²) in [6.45, 7) is 7.84. The molecule has 62 valence electrons. The maximum atomic E-state index is 5.43. The number of nitrogens with zero attached hydrogens (tertiary/aromatic N) is 1. The summed E-state index contributed by atoms with van der Waals surface area (Å²) in [5.74, 6) is 2.85. The van der Waals surface area contributed by atoms with Crippen LogP contribution in [0.15, 0.2) is 0 Å². The van der Waals surface area contributed by atoms with Crippen LogP contribution in [0.3, 0.4) is 0 Å². The Morgan fingerprint density at radius 3 is 2.45 bits per heavy atom. The van der Waals surface area contributed by atoms with Crippen molar-refractivity contribution in [2.45, 2.75) is 45.2 Å². The Bertz CT molecular complexity index is 170. The Hall–Kier alpha value is -0.480. The van der Waals surface area contributed by atoms with Crippen LogP contribution in [-0.2, 0) is 0 Å². The van der Waals surface area contributed by atoms with Gasteiger partial charge >= 0.3 is 0 Å². The van der Waals surface area contributed by atoms with Crippen molar-refractivity contribution in [1.82, 2.24) is 4.90 Å². The smallest absolute Gasteiger partial charge is 0.0716 e. The van der Waals surface area contributed by atoms with Crippen molar-refractivity contribution in [2.24, 2.45) is 0 Å². The number of terminal acetylenes is 1. The fourth-order valence-corrected chi connectivity index (χ4v) is 1.74. The first kappa shape index (κ1) is 8.62. The number of rotatable bonds is 0. The summed E-state index contributed by atoms with van der Waals surface area (Å²) in [7, 11) is 0. The third-order valence-corrected chi connectivity index (χ3v) is 2.31. The van der Waals surface area contributed by atoms with Crippen LogP contribution in [0.2, 0.25) is 0 Å². The van der Waals surface area contributed by atoms with E-state index in [1.807, 2.05) is 0 Å². The molecule has 1 saturated heterocycles. The maximum Gasteiger partial charge on any atom is 0.0716 e. The van der Waals surface area contributed by atoms with E-state index in [4.69, 9.17) is 6.42 Å². The first-order chi connectivity index (χ1) is 5.05. The lowest BCUT2D eigenvalue weighted by molar-refractivity contribution is 0.147. The Labute approximate surface area is 69.8 Å². The minimum absolute atomic E-state index is 0.244. The van der Waals surface area contributed by atoms with Crippen molar-refractivity contribution in [1.29, 1.82) is 0 Å². The van der Waals surface area contributed by atoms with E-state index in [9.17, 15) is 0 Å². The molecule has 0 aliphatic carbocycles.